The van der Waals surface area contributed by atoms with Crippen molar-refractivity contribution in [3.05, 3.63) is 54.1 Å². The fourth-order valence-corrected chi connectivity index (χ4v) is 3.87. The Balaban J connectivity index is 1.28. The van der Waals surface area contributed by atoms with Gasteiger partial charge in [0.25, 0.3) is 11.8 Å². The number of hydrogen-bond acceptors (Lipinski definition) is 5. The number of hydrazine groups is 1. The molecule has 2 aliphatic rings. The molecule has 8 nitrogen and oxygen atoms in total. The average Bonchev–Trinajstić information content (AvgIpc) is 2.99. The monoisotopic (exact) mass is 423 g/mol. The van der Waals surface area contributed by atoms with Crippen molar-refractivity contribution in [2.45, 2.75) is 44.6 Å². The molecule has 2 fully saturated rings. The number of carbonyl (C=O) groups is 3. The summed E-state index contributed by atoms with van der Waals surface area (Å²) in [6, 6.07) is 13.9. The number of rotatable bonds is 6. The highest BCUT2D eigenvalue weighted by atomic mass is 16.5. The number of urea groups is 1. The summed E-state index contributed by atoms with van der Waals surface area (Å²) >= 11 is 0. The molecule has 4 rings (SSSR count). The van der Waals surface area contributed by atoms with Crippen molar-refractivity contribution in [3.8, 4) is 17.2 Å². The molecule has 2 N–H and O–H groups in total. The zero-order valence-electron chi connectivity index (χ0n) is 17.3. The Bertz CT molecular complexity index is 966. The largest absolute Gasteiger partial charge is 0.484 e. The van der Waals surface area contributed by atoms with Crippen LogP contribution < -0.4 is 20.2 Å². The number of nitrogens with one attached hydrogen (secondary N) is 2. The van der Waals surface area contributed by atoms with Crippen molar-refractivity contribution in [1.29, 1.82) is 0 Å². The van der Waals surface area contributed by atoms with Crippen molar-refractivity contribution in [2.75, 3.05) is 6.61 Å². The Morgan fingerprint density at radius 3 is 2.19 bits per heavy atom. The van der Waals surface area contributed by atoms with Gasteiger partial charge in [-0.15, -0.1) is 0 Å². The molecule has 2 aromatic rings. The molecule has 31 heavy (non-hydrogen) atoms. The van der Waals surface area contributed by atoms with Crippen molar-refractivity contribution >= 4 is 17.8 Å². The van der Waals surface area contributed by atoms with Crippen LogP contribution in [0.3, 0.4) is 0 Å². The van der Waals surface area contributed by atoms with Gasteiger partial charge in [0.2, 0.25) is 0 Å². The zero-order valence-corrected chi connectivity index (χ0v) is 17.3. The molecular formula is C23H25N3O5. The van der Waals surface area contributed by atoms with E-state index in [1.54, 1.807) is 24.3 Å². The lowest BCUT2D eigenvalue weighted by Crippen LogP contribution is -2.51. The van der Waals surface area contributed by atoms with Gasteiger partial charge in [-0.05, 0) is 56.2 Å². The van der Waals surface area contributed by atoms with Gasteiger partial charge in [0.05, 0.1) is 0 Å². The van der Waals surface area contributed by atoms with Gasteiger partial charge in [0, 0.05) is 0 Å². The molecule has 1 aliphatic carbocycles. The summed E-state index contributed by atoms with van der Waals surface area (Å²) < 4.78 is 11.2. The number of carbonyl (C=O) groups excluding carboxylic acids is 3. The first kappa shape index (κ1) is 20.7. The molecule has 0 atom stereocenters. The number of hydrogen-bond donors (Lipinski definition) is 2. The average molecular weight is 423 g/mol. The normalized spacial score (nSPS) is 17.4. The van der Waals surface area contributed by atoms with Crippen molar-refractivity contribution in [3.63, 3.8) is 0 Å². The van der Waals surface area contributed by atoms with Gasteiger partial charge >= 0.3 is 6.03 Å². The third kappa shape index (κ3) is 4.63. The smallest absolute Gasteiger partial charge is 0.344 e. The first-order valence-electron chi connectivity index (χ1n) is 10.4. The molecule has 0 aromatic heterocycles. The highest BCUT2D eigenvalue weighted by molar-refractivity contribution is 6.08. The Morgan fingerprint density at radius 2 is 1.55 bits per heavy atom. The lowest BCUT2D eigenvalue weighted by atomic mass is 9.82. The van der Waals surface area contributed by atoms with E-state index in [2.05, 4.69) is 10.7 Å². The number of nitrogens with zero attached hydrogens (tertiary/aromatic N) is 1. The van der Waals surface area contributed by atoms with Crippen molar-refractivity contribution in [1.82, 2.24) is 15.8 Å². The van der Waals surface area contributed by atoms with Crippen LogP contribution in [-0.2, 0) is 9.59 Å². The maximum absolute atomic E-state index is 12.7. The Kier molecular flexibility index (Phi) is 5.79. The van der Waals surface area contributed by atoms with E-state index in [0.29, 0.717) is 24.3 Å². The highest BCUT2D eigenvalue weighted by Gasteiger charge is 2.52. The first-order valence-corrected chi connectivity index (χ1v) is 10.4. The number of aryl methyl sites for hydroxylation is 1. The van der Waals surface area contributed by atoms with E-state index < -0.39 is 23.4 Å². The van der Waals surface area contributed by atoms with E-state index in [9.17, 15) is 14.4 Å². The number of amides is 4. The van der Waals surface area contributed by atoms with Gasteiger partial charge < -0.3 is 14.8 Å². The van der Waals surface area contributed by atoms with E-state index in [-0.39, 0.29) is 6.61 Å². The lowest BCUT2D eigenvalue weighted by Gasteiger charge is -2.30. The standard InChI is InChI=1S/C23H25N3O5/c1-16-5-7-18(8-6-16)31-19-11-9-17(10-12-19)30-15-20(27)25-26-21(28)23(24-22(26)29)13-3-2-4-14-23/h5-12H,2-4,13-15H2,1H3,(H,24,29)(H,25,27). The number of imide groups is 1. The Hall–Kier alpha value is -3.55. The minimum Gasteiger partial charge on any atom is -0.484 e. The molecule has 0 bridgehead atoms. The minimum atomic E-state index is -0.878. The molecular weight excluding hydrogens is 398 g/mol. The van der Waals surface area contributed by atoms with Crippen LogP contribution in [0.4, 0.5) is 4.79 Å². The predicted molar refractivity (Wildman–Crippen MR) is 113 cm³/mol. The van der Waals surface area contributed by atoms with Crippen LogP contribution in [-0.4, -0.2) is 35.0 Å². The lowest BCUT2D eigenvalue weighted by molar-refractivity contribution is -0.140. The van der Waals surface area contributed by atoms with Crippen LogP contribution in [0.15, 0.2) is 48.5 Å². The van der Waals surface area contributed by atoms with E-state index >= 15 is 0 Å². The van der Waals surface area contributed by atoms with Crippen molar-refractivity contribution < 1.29 is 23.9 Å². The van der Waals surface area contributed by atoms with Crippen LogP contribution in [0.2, 0.25) is 0 Å². The van der Waals surface area contributed by atoms with Crippen LogP contribution in [0, 0.1) is 6.92 Å². The maximum Gasteiger partial charge on any atom is 0.344 e. The van der Waals surface area contributed by atoms with Crippen LogP contribution in [0.5, 0.6) is 17.2 Å². The molecule has 1 heterocycles. The van der Waals surface area contributed by atoms with E-state index in [1.807, 2.05) is 31.2 Å². The minimum absolute atomic E-state index is 0.331. The quantitative estimate of drug-likeness (QED) is 0.694. The number of benzene rings is 2. The summed E-state index contributed by atoms with van der Waals surface area (Å²) in [5, 5.41) is 3.52. The van der Waals surface area contributed by atoms with Crippen LogP contribution >= 0.6 is 0 Å². The van der Waals surface area contributed by atoms with Gasteiger partial charge in [-0.2, -0.15) is 5.01 Å². The van der Waals surface area contributed by atoms with Crippen LogP contribution in [0.25, 0.3) is 0 Å². The van der Waals surface area contributed by atoms with Gasteiger partial charge in [-0.1, -0.05) is 37.0 Å². The summed E-state index contributed by atoms with van der Waals surface area (Å²) in [6.07, 6.45) is 3.98. The maximum atomic E-state index is 12.7. The fourth-order valence-electron chi connectivity index (χ4n) is 3.87. The molecule has 0 unspecified atom stereocenters. The van der Waals surface area contributed by atoms with Gasteiger partial charge in [-0.25, -0.2) is 4.79 Å². The molecule has 0 radical (unpaired) electrons. The molecule has 1 aliphatic heterocycles. The second kappa shape index (κ2) is 8.67. The molecule has 2 aromatic carbocycles. The Morgan fingerprint density at radius 1 is 0.968 bits per heavy atom. The molecule has 4 amide bonds. The van der Waals surface area contributed by atoms with Gasteiger partial charge in [-0.3, -0.25) is 15.0 Å². The second-order valence-electron chi connectivity index (χ2n) is 7.92. The highest BCUT2D eigenvalue weighted by Crippen LogP contribution is 2.33. The molecule has 1 saturated carbocycles. The summed E-state index contributed by atoms with van der Waals surface area (Å²) in [5.41, 5.74) is 2.62. The summed E-state index contributed by atoms with van der Waals surface area (Å²) in [7, 11) is 0. The van der Waals surface area contributed by atoms with Gasteiger partial charge in [0.1, 0.15) is 22.8 Å². The third-order valence-corrected chi connectivity index (χ3v) is 5.56. The summed E-state index contributed by atoms with van der Waals surface area (Å²) in [4.78, 5) is 37.1. The van der Waals surface area contributed by atoms with Crippen LogP contribution in [0.1, 0.15) is 37.7 Å². The molecule has 8 heteroatoms. The topological polar surface area (TPSA) is 97.0 Å². The van der Waals surface area contributed by atoms with E-state index in [1.165, 1.54) is 0 Å². The summed E-state index contributed by atoms with van der Waals surface area (Å²) in [6.45, 7) is 1.67. The number of ether oxygens (including phenoxy) is 2. The fraction of sp³-hybridized carbons (Fsp3) is 0.348. The SMILES string of the molecule is Cc1ccc(Oc2ccc(OCC(=O)NN3C(=O)NC4(CCCCC4)C3=O)cc2)cc1. The first-order chi connectivity index (χ1) is 14.9. The molecule has 1 saturated heterocycles. The van der Waals surface area contributed by atoms with Gasteiger partial charge in [0.15, 0.2) is 6.61 Å². The van der Waals surface area contributed by atoms with E-state index in [0.717, 1.165) is 35.6 Å². The third-order valence-electron chi connectivity index (χ3n) is 5.56. The van der Waals surface area contributed by atoms with E-state index in [4.69, 9.17) is 9.47 Å². The predicted octanol–water partition coefficient (Wildman–Crippen LogP) is 3.45. The molecule has 162 valence electrons. The zero-order chi connectivity index (χ0) is 21.8. The molecule has 1 spiro atoms. The van der Waals surface area contributed by atoms with Crippen molar-refractivity contribution in [2.24, 2.45) is 0 Å². The summed E-state index contributed by atoms with van der Waals surface area (Å²) in [5.74, 6) is 0.840. The second-order valence-corrected chi connectivity index (χ2v) is 7.92. The Labute approximate surface area is 180 Å².